The van der Waals surface area contributed by atoms with E-state index in [1.54, 1.807) is 24.5 Å². The molecule has 0 bridgehead atoms. The van der Waals surface area contributed by atoms with Gasteiger partial charge < -0.3 is 4.90 Å². The number of rotatable bonds is 2. The summed E-state index contributed by atoms with van der Waals surface area (Å²) in [6.07, 6.45) is 9.03. The van der Waals surface area contributed by atoms with Gasteiger partial charge in [0.15, 0.2) is 0 Å². The van der Waals surface area contributed by atoms with Gasteiger partial charge in [0, 0.05) is 42.9 Å². The molecule has 20 heavy (non-hydrogen) atoms. The lowest BCUT2D eigenvalue weighted by molar-refractivity contribution is -0.126. The van der Waals surface area contributed by atoms with Crippen molar-refractivity contribution in [3.8, 4) is 0 Å². The fraction of sp³-hybridized carbons (Fsp3) is 0.562. The molecule has 2 atom stereocenters. The van der Waals surface area contributed by atoms with Gasteiger partial charge in [-0.2, -0.15) is 0 Å². The van der Waals surface area contributed by atoms with E-state index in [1.807, 2.05) is 4.90 Å². The van der Waals surface area contributed by atoms with Crippen LogP contribution in [-0.4, -0.2) is 34.2 Å². The number of hydrogen-bond acceptors (Lipinski definition) is 3. The van der Waals surface area contributed by atoms with Crippen LogP contribution in [0.15, 0.2) is 24.5 Å². The Balaban J connectivity index is 1.78. The van der Waals surface area contributed by atoms with Crippen molar-refractivity contribution < 1.29 is 9.59 Å². The van der Waals surface area contributed by atoms with E-state index in [0.29, 0.717) is 17.8 Å². The first-order valence-electron chi connectivity index (χ1n) is 7.51. The lowest BCUT2D eigenvalue weighted by Crippen LogP contribution is -2.43. The van der Waals surface area contributed by atoms with Crippen LogP contribution in [0.25, 0.3) is 0 Å². The second kappa shape index (κ2) is 5.73. The summed E-state index contributed by atoms with van der Waals surface area (Å²) in [7, 11) is 0. The molecule has 4 heteroatoms. The highest BCUT2D eigenvalue weighted by atomic mass is 16.2. The molecule has 0 aromatic carbocycles. The Bertz CT molecular complexity index is 500. The molecule has 2 aliphatic rings. The summed E-state index contributed by atoms with van der Waals surface area (Å²) < 4.78 is 0. The number of pyridine rings is 1. The van der Waals surface area contributed by atoms with Crippen molar-refractivity contribution in [2.45, 2.75) is 44.6 Å². The van der Waals surface area contributed by atoms with Crippen molar-refractivity contribution in [3.05, 3.63) is 30.1 Å². The van der Waals surface area contributed by atoms with Crippen molar-refractivity contribution in [2.75, 3.05) is 6.54 Å². The Labute approximate surface area is 119 Å². The van der Waals surface area contributed by atoms with Crippen molar-refractivity contribution in [3.63, 3.8) is 0 Å². The average Bonchev–Trinajstić information content (AvgIpc) is 2.97. The number of hydrogen-bond donors (Lipinski definition) is 0. The predicted octanol–water partition coefficient (Wildman–Crippen LogP) is 2.45. The van der Waals surface area contributed by atoms with Crippen LogP contribution in [0.4, 0.5) is 0 Å². The van der Waals surface area contributed by atoms with Gasteiger partial charge in [-0.3, -0.25) is 14.6 Å². The molecule has 1 saturated carbocycles. The van der Waals surface area contributed by atoms with Gasteiger partial charge in [0.05, 0.1) is 0 Å². The Morgan fingerprint density at radius 2 is 1.95 bits per heavy atom. The summed E-state index contributed by atoms with van der Waals surface area (Å²) in [5, 5.41) is 0. The van der Waals surface area contributed by atoms with Gasteiger partial charge in [0.2, 0.25) is 0 Å². The molecule has 1 saturated heterocycles. The fourth-order valence-electron chi connectivity index (χ4n) is 3.54. The SMILES string of the molecule is O=C1CCCCC1C1CCCN1C(=O)c1ccncc1. The number of likely N-dealkylation sites (tertiary alicyclic amines) is 1. The third kappa shape index (κ3) is 2.47. The quantitative estimate of drug-likeness (QED) is 0.831. The molecule has 1 aliphatic carbocycles. The van der Waals surface area contributed by atoms with Crippen LogP contribution in [0.2, 0.25) is 0 Å². The van der Waals surface area contributed by atoms with E-state index < -0.39 is 0 Å². The number of carbonyl (C=O) groups is 2. The third-order valence-electron chi connectivity index (χ3n) is 4.55. The standard InChI is InChI=1S/C16H20N2O2/c19-15-6-2-1-4-13(15)14-5-3-11-18(14)16(20)12-7-9-17-10-8-12/h7-10,13-14H,1-6,11H2. The molecule has 1 aliphatic heterocycles. The molecule has 2 fully saturated rings. The number of carbonyl (C=O) groups excluding carboxylic acids is 2. The summed E-state index contributed by atoms with van der Waals surface area (Å²) in [6.45, 7) is 0.773. The van der Waals surface area contributed by atoms with Crippen LogP contribution in [0, 0.1) is 5.92 Å². The topological polar surface area (TPSA) is 50.3 Å². The van der Waals surface area contributed by atoms with E-state index in [9.17, 15) is 9.59 Å². The molecule has 0 spiro atoms. The van der Waals surface area contributed by atoms with Gasteiger partial charge in [-0.25, -0.2) is 0 Å². The van der Waals surface area contributed by atoms with Crippen LogP contribution >= 0.6 is 0 Å². The van der Waals surface area contributed by atoms with E-state index in [4.69, 9.17) is 0 Å². The summed E-state index contributed by atoms with van der Waals surface area (Å²) in [4.78, 5) is 30.6. The summed E-state index contributed by atoms with van der Waals surface area (Å²) >= 11 is 0. The van der Waals surface area contributed by atoms with Gasteiger partial charge in [-0.15, -0.1) is 0 Å². The minimum absolute atomic E-state index is 0.0493. The second-order valence-electron chi connectivity index (χ2n) is 5.76. The van der Waals surface area contributed by atoms with Crippen LogP contribution in [0.3, 0.4) is 0 Å². The lowest BCUT2D eigenvalue weighted by atomic mass is 9.81. The largest absolute Gasteiger partial charge is 0.335 e. The normalized spacial score (nSPS) is 26.8. The molecule has 2 heterocycles. The molecule has 4 nitrogen and oxygen atoms in total. The molecule has 2 unspecified atom stereocenters. The molecule has 1 amide bonds. The molecule has 106 valence electrons. The number of ketones is 1. The first-order valence-corrected chi connectivity index (χ1v) is 7.51. The summed E-state index contributed by atoms with van der Waals surface area (Å²) in [5.74, 6) is 0.473. The predicted molar refractivity (Wildman–Crippen MR) is 75.3 cm³/mol. The molecule has 3 rings (SSSR count). The van der Waals surface area contributed by atoms with Gasteiger partial charge in [-0.05, 0) is 37.8 Å². The van der Waals surface area contributed by atoms with Crippen molar-refractivity contribution in [1.29, 1.82) is 0 Å². The minimum atomic E-state index is 0.0493. The smallest absolute Gasteiger partial charge is 0.254 e. The van der Waals surface area contributed by atoms with Gasteiger partial charge in [-0.1, -0.05) is 6.42 Å². The van der Waals surface area contributed by atoms with Crippen LogP contribution in [0.5, 0.6) is 0 Å². The Morgan fingerprint density at radius 1 is 1.15 bits per heavy atom. The molecule has 0 N–H and O–H groups in total. The Kier molecular flexibility index (Phi) is 3.81. The van der Waals surface area contributed by atoms with Crippen molar-refractivity contribution in [1.82, 2.24) is 9.88 Å². The van der Waals surface area contributed by atoms with Crippen LogP contribution in [0.1, 0.15) is 48.9 Å². The van der Waals surface area contributed by atoms with E-state index in [2.05, 4.69) is 4.98 Å². The van der Waals surface area contributed by atoms with Crippen LogP contribution < -0.4 is 0 Å². The van der Waals surface area contributed by atoms with Crippen molar-refractivity contribution in [2.24, 2.45) is 5.92 Å². The number of Topliss-reactive ketones (excluding diaryl/α,β-unsaturated/α-hetero) is 1. The monoisotopic (exact) mass is 272 g/mol. The fourth-order valence-corrected chi connectivity index (χ4v) is 3.54. The van der Waals surface area contributed by atoms with Crippen LogP contribution in [-0.2, 0) is 4.79 Å². The first kappa shape index (κ1) is 13.3. The summed E-state index contributed by atoms with van der Waals surface area (Å²) in [6, 6.07) is 3.62. The van der Waals surface area contributed by atoms with E-state index in [-0.39, 0.29) is 17.9 Å². The van der Waals surface area contributed by atoms with E-state index in [0.717, 1.165) is 38.6 Å². The molecule has 1 aromatic rings. The average molecular weight is 272 g/mol. The third-order valence-corrected chi connectivity index (χ3v) is 4.55. The van der Waals surface area contributed by atoms with E-state index in [1.165, 1.54) is 0 Å². The lowest BCUT2D eigenvalue weighted by Gasteiger charge is -2.33. The minimum Gasteiger partial charge on any atom is -0.335 e. The maximum Gasteiger partial charge on any atom is 0.254 e. The molecule has 0 radical (unpaired) electrons. The second-order valence-corrected chi connectivity index (χ2v) is 5.76. The number of amides is 1. The molecular formula is C16H20N2O2. The zero-order valence-electron chi connectivity index (χ0n) is 11.6. The van der Waals surface area contributed by atoms with Gasteiger partial charge >= 0.3 is 0 Å². The van der Waals surface area contributed by atoms with Gasteiger partial charge in [0.25, 0.3) is 5.91 Å². The zero-order chi connectivity index (χ0) is 13.9. The van der Waals surface area contributed by atoms with Gasteiger partial charge in [0.1, 0.15) is 5.78 Å². The van der Waals surface area contributed by atoms with E-state index >= 15 is 0 Å². The number of aromatic nitrogens is 1. The number of nitrogens with zero attached hydrogens (tertiary/aromatic N) is 2. The first-order chi connectivity index (χ1) is 9.77. The maximum atomic E-state index is 12.6. The molecular weight excluding hydrogens is 252 g/mol. The Hall–Kier alpha value is -1.71. The maximum absolute atomic E-state index is 12.6. The van der Waals surface area contributed by atoms with Crippen molar-refractivity contribution >= 4 is 11.7 Å². The zero-order valence-corrected chi connectivity index (χ0v) is 11.6. The summed E-state index contributed by atoms with van der Waals surface area (Å²) in [5.41, 5.74) is 0.676. The highest BCUT2D eigenvalue weighted by Gasteiger charge is 2.39. The molecule has 1 aromatic heterocycles. The Morgan fingerprint density at radius 3 is 2.70 bits per heavy atom. The highest BCUT2D eigenvalue weighted by molar-refractivity contribution is 5.95. The highest BCUT2D eigenvalue weighted by Crippen LogP contribution is 2.33.